The second-order valence-electron chi connectivity index (χ2n) is 2.41. The topological polar surface area (TPSA) is 76.3 Å². The standard InChI is InChI=1S/C7H6F2N2O3/c8-7(9)4-1-2-10-5(3-12)6(4)11(13)14/h1-2,7,12H,3H2. The van der Waals surface area contributed by atoms with E-state index < -0.39 is 29.2 Å². The first kappa shape index (κ1) is 10.5. The van der Waals surface area contributed by atoms with Crippen LogP contribution in [-0.4, -0.2) is 15.0 Å². The van der Waals surface area contributed by atoms with E-state index in [1.54, 1.807) is 0 Å². The fourth-order valence-corrected chi connectivity index (χ4v) is 1.02. The van der Waals surface area contributed by atoms with Gasteiger partial charge in [0.15, 0.2) is 0 Å². The first-order chi connectivity index (χ1) is 6.57. The van der Waals surface area contributed by atoms with E-state index in [2.05, 4.69) is 4.98 Å². The van der Waals surface area contributed by atoms with Gasteiger partial charge >= 0.3 is 5.69 Å². The fourth-order valence-electron chi connectivity index (χ4n) is 1.02. The molecule has 1 aromatic rings. The monoisotopic (exact) mass is 204 g/mol. The number of aliphatic hydroxyl groups is 1. The molecule has 1 aromatic heterocycles. The van der Waals surface area contributed by atoms with Crippen molar-refractivity contribution in [2.24, 2.45) is 0 Å². The zero-order valence-electron chi connectivity index (χ0n) is 6.85. The molecule has 0 spiro atoms. The molecule has 7 heteroatoms. The summed E-state index contributed by atoms with van der Waals surface area (Å²) in [4.78, 5) is 12.9. The zero-order valence-corrected chi connectivity index (χ0v) is 6.85. The summed E-state index contributed by atoms with van der Waals surface area (Å²) in [5.74, 6) is 0. The number of hydrogen-bond donors (Lipinski definition) is 1. The lowest BCUT2D eigenvalue weighted by Crippen LogP contribution is -2.03. The molecular formula is C7H6F2N2O3. The Bertz CT molecular complexity index is 357. The van der Waals surface area contributed by atoms with Crippen molar-refractivity contribution >= 4 is 5.69 Å². The molecule has 0 aliphatic heterocycles. The van der Waals surface area contributed by atoms with Gasteiger partial charge in [-0.25, -0.2) is 8.78 Å². The molecule has 76 valence electrons. The molecule has 0 fully saturated rings. The van der Waals surface area contributed by atoms with Crippen LogP contribution in [0, 0.1) is 10.1 Å². The van der Waals surface area contributed by atoms with Crippen molar-refractivity contribution in [3.8, 4) is 0 Å². The maximum absolute atomic E-state index is 12.3. The van der Waals surface area contributed by atoms with Crippen molar-refractivity contribution in [3.05, 3.63) is 33.6 Å². The van der Waals surface area contributed by atoms with E-state index in [-0.39, 0.29) is 5.69 Å². The Morgan fingerprint density at radius 3 is 2.71 bits per heavy atom. The maximum Gasteiger partial charge on any atom is 0.302 e. The highest BCUT2D eigenvalue weighted by molar-refractivity contribution is 5.44. The van der Waals surface area contributed by atoms with Gasteiger partial charge in [-0.3, -0.25) is 15.1 Å². The normalized spacial score (nSPS) is 10.6. The van der Waals surface area contributed by atoms with Crippen LogP contribution in [0.2, 0.25) is 0 Å². The van der Waals surface area contributed by atoms with Crippen molar-refractivity contribution in [2.45, 2.75) is 13.0 Å². The van der Waals surface area contributed by atoms with Gasteiger partial charge in [0.25, 0.3) is 6.43 Å². The van der Waals surface area contributed by atoms with Crippen LogP contribution < -0.4 is 0 Å². The molecule has 0 amide bonds. The Morgan fingerprint density at radius 1 is 1.64 bits per heavy atom. The number of hydrogen-bond acceptors (Lipinski definition) is 4. The molecule has 0 radical (unpaired) electrons. The van der Waals surface area contributed by atoms with Crippen LogP contribution in [0.4, 0.5) is 14.5 Å². The smallest absolute Gasteiger partial charge is 0.302 e. The predicted octanol–water partition coefficient (Wildman–Crippen LogP) is 1.42. The molecule has 0 bridgehead atoms. The zero-order chi connectivity index (χ0) is 10.7. The van der Waals surface area contributed by atoms with Crippen molar-refractivity contribution in [1.29, 1.82) is 0 Å². The molecule has 14 heavy (non-hydrogen) atoms. The predicted molar refractivity (Wildman–Crippen MR) is 41.8 cm³/mol. The average Bonchev–Trinajstić information content (AvgIpc) is 2.16. The van der Waals surface area contributed by atoms with E-state index in [0.29, 0.717) is 0 Å². The molecule has 1 rings (SSSR count). The number of halogens is 2. The van der Waals surface area contributed by atoms with Crippen molar-refractivity contribution in [2.75, 3.05) is 0 Å². The van der Waals surface area contributed by atoms with Gasteiger partial charge in [-0.1, -0.05) is 0 Å². The Kier molecular flexibility index (Phi) is 3.03. The first-order valence-corrected chi connectivity index (χ1v) is 3.59. The van der Waals surface area contributed by atoms with Gasteiger partial charge in [0.1, 0.15) is 5.69 Å². The molecule has 0 aliphatic carbocycles. The van der Waals surface area contributed by atoms with E-state index >= 15 is 0 Å². The minimum Gasteiger partial charge on any atom is -0.390 e. The van der Waals surface area contributed by atoms with Gasteiger partial charge in [0.05, 0.1) is 17.1 Å². The molecule has 5 nitrogen and oxygen atoms in total. The van der Waals surface area contributed by atoms with Gasteiger partial charge < -0.3 is 5.11 Å². The van der Waals surface area contributed by atoms with Crippen LogP contribution in [0.5, 0.6) is 0 Å². The molecule has 0 aliphatic rings. The van der Waals surface area contributed by atoms with Gasteiger partial charge in [0.2, 0.25) is 0 Å². The van der Waals surface area contributed by atoms with E-state index in [9.17, 15) is 18.9 Å². The lowest BCUT2D eigenvalue weighted by atomic mass is 10.2. The van der Waals surface area contributed by atoms with Crippen molar-refractivity contribution in [3.63, 3.8) is 0 Å². The summed E-state index contributed by atoms with van der Waals surface area (Å²) in [6.45, 7) is -0.739. The minimum absolute atomic E-state index is 0.354. The molecule has 0 saturated heterocycles. The summed E-state index contributed by atoms with van der Waals surface area (Å²) in [6.07, 6.45) is -1.95. The van der Waals surface area contributed by atoms with Crippen LogP contribution in [0.1, 0.15) is 17.7 Å². The van der Waals surface area contributed by atoms with Crippen molar-refractivity contribution < 1.29 is 18.8 Å². The largest absolute Gasteiger partial charge is 0.390 e. The Balaban J connectivity index is 3.35. The Morgan fingerprint density at radius 2 is 2.29 bits per heavy atom. The summed E-state index contributed by atoms with van der Waals surface area (Å²) < 4.78 is 24.6. The minimum atomic E-state index is -2.95. The lowest BCUT2D eigenvalue weighted by molar-refractivity contribution is -0.387. The number of rotatable bonds is 3. The van der Waals surface area contributed by atoms with Crippen LogP contribution >= 0.6 is 0 Å². The summed E-state index contributed by atoms with van der Waals surface area (Å²) in [5, 5.41) is 19.1. The first-order valence-electron chi connectivity index (χ1n) is 3.59. The highest BCUT2D eigenvalue weighted by Gasteiger charge is 2.25. The number of nitro groups is 1. The fraction of sp³-hybridized carbons (Fsp3) is 0.286. The molecule has 0 atom stereocenters. The Labute approximate surface area is 77.2 Å². The number of pyridine rings is 1. The number of alkyl halides is 2. The molecule has 0 aromatic carbocycles. The third kappa shape index (κ3) is 1.82. The Hall–Kier alpha value is -1.63. The van der Waals surface area contributed by atoms with Gasteiger partial charge in [-0.05, 0) is 6.07 Å². The number of nitrogens with zero attached hydrogens (tertiary/aromatic N) is 2. The molecular weight excluding hydrogens is 198 g/mol. The quantitative estimate of drug-likeness (QED) is 0.596. The lowest BCUT2D eigenvalue weighted by Gasteiger charge is -2.03. The summed E-state index contributed by atoms with van der Waals surface area (Å²) >= 11 is 0. The van der Waals surface area contributed by atoms with E-state index in [4.69, 9.17) is 5.11 Å². The highest BCUT2D eigenvalue weighted by atomic mass is 19.3. The van der Waals surface area contributed by atoms with E-state index in [0.717, 1.165) is 12.3 Å². The van der Waals surface area contributed by atoms with Gasteiger partial charge in [0, 0.05) is 6.20 Å². The molecule has 1 N–H and O–H groups in total. The van der Waals surface area contributed by atoms with Crippen LogP contribution in [0.15, 0.2) is 12.3 Å². The van der Waals surface area contributed by atoms with Gasteiger partial charge in [-0.15, -0.1) is 0 Å². The second-order valence-corrected chi connectivity index (χ2v) is 2.41. The van der Waals surface area contributed by atoms with Crippen LogP contribution in [-0.2, 0) is 6.61 Å². The summed E-state index contributed by atoms with van der Waals surface area (Å²) in [6, 6.07) is 0.863. The average molecular weight is 204 g/mol. The maximum atomic E-state index is 12.3. The van der Waals surface area contributed by atoms with Crippen LogP contribution in [0.25, 0.3) is 0 Å². The molecule has 0 unspecified atom stereocenters. The second kappa shape index (κ2) is 4.05. The summed E-state index contributed by atoms with van der Waals surface area (Å²) in [7, 11) is 0. The number of aromatic nitrogens is 1. The number of aliphatic hydroxyl groups excluding tert-OH is 1. The molecule has 1 heterocycles. The van der Waals surface area contributed by atoms with E-state index in [1.165, 1.54) is 0 Å². The van der Waals surface area contributed by atoms with Crippen molar-refractivity contribution in [1.82, 2.24) is 4.98 Å². The third-order valence-corrected chi connectivity index (χ3v) is 1.60. The van der Waals surface area contributed by atoms with Crippen LogP contribution in [0.3, 0.4) is 0 Å². The van der Waals surface area contributed by atoms with Gasteiger partial charge in [-0.2, -0.15) is 0 Å². The summed E-state index contributed by atoms with van der Waals surface area (Å²) in [5.41, 5.74) is -1.90. The molecule has 0 saturated carbocycles. The SMILES string of the molecule is O=[N+]([O-])c1c(C(F)F)ccnc1CO. The van der Waals surface area contributed by atoms with E-state index in [1.807, 2.05) is 0 Å². The highest BCUT2D eigenvalue weighted by Crippen LogP contribution is 2.30. The third-order valence-electron chi connectivity index (χ3n) is 1.60.